The molecule has 2 heterocycles. The second-order valence-corrected chi connectivity index (χ2v) is 11.9. The average molecular weight is 511 g/mol. The quantitative estimate of drug-likeness (QED) is 0.393. The highest BCUT2D eigenvalue weighted by Crippen LogP contribution is 2.64. The van der Waals surface area contributed by atoms with Gasteiger partial charge in [-0.2, -0.15) is 10.1 Å². The van der Waals surface area contributed by atoms with Crippen LogP contribution in [0.15, 0.2) is 65.8 Å². The van der Waals surface area contributed by atoms with Crippen molar-refractivity contribution in [1.82, 2.24) is 15.0 Å². The van der Waals surface area contributed by atoms with Crippen molar-refractivity contribution in [3.63, 3.8) is 0 Å². The van der Waals surface area contributed by atoms with Crippen molar-refractivity contribution in [1.29, 1.82) is 0 Å². The van der Waals surface area contributed by atoms with Crippen LogP contribution in [0.25, 0.3) is 0 Å². The zero-order valence-electron chi connectivity index (χ0n) is 22.1. The standard InChI is InChI=1S/C31H34N4O3/c1-30-13-7-23(19-22(30)3-4-24-25-5-6-27(36)31(25,2)14-8-26(24)30)34-35(28(37)20-9-15-32-16-10-20)29(38)21-11-17-33-18-12-21/h9-12,15-19,24-26H,3-8,13-14H2,1-2H3/t24-,25-,26-,30-,31-/m0/s1. The van der Waals surface area contributed by atoms with Crippen LogP contribution in [-0.2, 0) is 4.79 Å². The predicted octanol–water partition coefficient (Wildman–Crippen LogP) is 5.65. The van der Waals surface area contributed by atoms with Gasteiger partial charge < -0.3 is 0 Å². The van der Waals surface area contributed by atoms with Crippen molar-refractivity contribution in [2.45, 2.75) is 65.2 Å². The van der Waals surface area contributed by atoms with E-state index in [0.717, 1.165) is 55.7 Å². The number of Topliss-reactive ketones (excluding diaryl/α,β-unsaturated/α-hetero) is 1. The lowest BCUT2D eigenvalue weighted by atomic mass is 9.47. The molecule has 4 aliphatic carbocycles. The van der Waals surface area contributed by atoms with Crippen LogP contribution in [-0.4, -0.2) is 38.3 Å². The highest BCUT2D eigenvalue weighted by atomic mass is 16.2. The fourth-order valence-corrected chi connectivity index (χ4v) is 7.97. The van der Waals surface area contributed by atoms with Crippen LogP contribution >= 0.6 is 0 Å². The Morgan fingerprint density at radius 3 is 2.05 bits per heavy atom. The van der Waals surface area contributed by atoms with E-state index >= 15 is 0 Å². The fraction of sp³-hybridized carbons (Fsp3) is 0.484. The van der Waals surface area contributed by atoms with Crippen molar-refractivity contribution in [3.8, 4) is 0 Å². The third kappa shape index (κ3) is 3.94. The van der Waals surface area contributed by atoms with Crippen molar-refractivity contribution >= 4 is 23.3 Å². The van der Waals surface area contributed by atoms with Gasteiger partial charge in [0.05, 0.1) is 5.71 Å². The summed E-state index contributed by atoms with van der Waals surface area (Å²) in [5, 5.41) is 5.68. The van der Waals surface area contributed by atoms with Crippen molar-refractivity contribution in [2.75, 3.05) is 0 Å². The van der Waals surface area contributed by atoms with Crippen LogP contribution in [0.3, 0.4) is 0 Å². The first-order valence-electron chi connectivity index (χ1n) is 13.8. The van der Waals surface area contributed by atoms with E-state index in [1.807, 2.05) is 0 Å². The minimum Gasteiger partial charge on any atom is -0.299 e. The largest absolute Gasteiger partial charge is 0.299 e. The van der Waals surface area contributed by atoms with Gasteiger partial charge in [0.2, 0.25) is 0 Å². The summed E-state index contributed by atoms with van der Waals surface area (Å²) in [6, 6.07) is 6.38. The third-order valence-electron chi connectivity index (χ3n) is 10.2. The zero-order chi connectivity index (χ0) is 26.5. The van der Waals surface area contributed by atoms with Gasteiger partial charge in [0, 0.05) is 47.8 Å². The molecule has 0 spiro atoms. The second kappa shape index (κ2) is 9.37. The topological polar surface area (TPSA) is 92.6 Å². The molecule has 0 bridgehead atoms. The first kappa shape index (κ1) is 24.8. The Morgan fingerprint density at radius 2 is 1.42 bits per heavy atom. The Balaban J connectivity index is 1.31. The van der Waals surface area contributed by atoms with Crippen molar-refractivity contribution < 1.29 is 14.4 Å². The van der Waals surface area contributed by atoms with Crippen LogP contribution < -0.4 is 0 Å². The van der Waals surface area contributed by atoms with Crippen LogP contribution in [0.4, 0.5) is 0 Å². The number of carbonyl (C=O) groups is 3. The van der Waals surface area contributed by atoms with E-state index in [0.29, 0.717) is 41.1 Å². The first-order valence-corrected chi connectivity index (χ1v) is 13.8. The van der Waals surface area contributed by atoms with Crippen LogP contribution in [0.1, 0.15) is 85.9 Å². The van der Waals surface area contributed by atoms with Gasteiger partial charge in [-0.1, -0.05) is 19.4 Å². The van der Waals surface area contributed by atoms with E-state index in [9.17, 15) is 14.4 Å². The molecule has 4 aliphatic rings. The highest BCUT2D eigenvalue weighted by Gasteiger charge is 2.58. The number of hydrogen-bond acceptors (Lipinski definition) is 6. The minimum atomic E-state index is -0.477. The molecule has 7 heteroatoms. The Morgan fingerprint density at radius 1 is 0.816 bits per heavy atom. The molecule has 0 unspecified atom stereocenters. The van der Waals surface area contributed by atoms with Gasteiger partial charge in [-0.3, -0.25) is 24.4 Å². The van der Waals surface area contributed by atoms with Crippen molar-refractivity contribution in [3.05, 3.63) is 71.8 Å². The Bertz CT molecular complexity index is 1290. The molecule has 0 radical (unpaired) electrons. The molecule has 5 atom stereocenters. The van der Waals surface area contributed by atoms with E-state index in [-0.39, 0.29) is 10.8 Å². The number of hydrogen-bond donors (Lipinski definition) is 0. The second-order valence-electron chi connectivity index (χ2n) is 11.9. The Hall–Kier alpha value is -3.48. The number of allylic oxidation sites excluding steroid dienone is 2. The number of pyridine rings is 2. The first-order chi connectivity index (χ1) is 18.3. The number of aromatic nitrogens is 2. The smallest absolute Gasteiger partial charge is 0.281 e. The maximum atomic E-state index is 13.4. The maximum Gasteiger partial charge on any atom is 0.281 e. The van der Waals surface area contributed by atoms with E-state index < -0.39 is 11.8 Å². The molecule has 0 N–H and O–H groups in total. The summed E-state index contributed by atoms with van der Waals surface area (Å²) in [6.45, 7) is 4.62. The molecule has 6 rings (SSSR count). The number of carbonyl (C=O) groups excluding carboxylic acids is 3. The summed E-state index contributed by atoms with van der Waals surface area (Å²) >= 11 is 0. The fourth-order valence-electron chi connectivity index (χ4n) is 7.97. The molecular weight excluding hydrogens is 476 g/mol. The molecule has 2 aromatic rings. The molecule has 0 aromatic carbocycles. The molecule has 3 saturated carbocycles. The molecule has 0 saturated heterocycles. The number of nitrogens with zero attached hydrogens (tertiary/aromatic N) is 4. The lowest BCUT2D eigenvalue weighted by Gasteiger charge is -2.57. The van der Waals surface area contributed by atoms with Gasteiger partial charge in [0.15, 0.2) is 0 Å². The summed E-state index contributed by atoms with van der Waals surface area (Å²) in [5.74, 6) is 1.20. The normalized spacial score (nSPS) is 33.1. The van der Waals surface area contributed by atoms with E-state index in [2.05, 4.69) is 35.0 Å². The molecule has 7 nitrogen and oxygen atoms in total. The maximum absolute atomic E-state index is 13.4. The SMILES string of the molecule is C[C@]12CCC(=NN(C(=O)c3ccncc3)C(=O)c3ccncc3)C=C1CC[C@@H]1[C@@H]2CC[C@]2(C)C(=O)CC[C@@H]12. The molecule has 2 amide bonds. The Labute approximate surface area is 223 Å². The van der Waals surface area contributed by atoms with Crippen LogP contribution in [0.5, 0.6) is 0 Å². The molecule has 38 heavy (non-hydrogen) atoms. The van der Waals surface area contributed by atoms with Gasteiger partial charge in [0.1, 0.15) is 5.78 Å². The number of imide groups is 1. The average Bonchev–Trinajstić information content (AvgIpc) is 3.26. The van der Waals surface area contributed by atoms with E-state index in [4.69, 9.17) is 0 Å². The summed E-state index contributed by atoms with van der Waals surface area (Å²) < 4.78 is 0. The lowest BCUT2D eigenvalue weighted by molar-refractivity contribution is -0.132. The zero-order valence-corrected chi connectivity index (χ0v) is 22.1. The number of fused-ring (bicyclic) bond motifs is 5. The third-order valence-corrected chi connectivity index (χ3v) is 10.2. The van der Waals surface area contributed by atoms with Gasteiger partial charge in [-0.25, -0.2) is 0 Å². The predicted molar refractivity (Wildman–Crippen MR) is 143 cm³/mol. The number of amides is 2. The molecule has 196 valence electrons. The Kier molecular flexibility index (Phi) is 6.12. The highest BCUT2D eigenvalue weighted by molar-refractivity contribution is 6.11. The molecular formula is C31H34N4O3. The van der Waals surface area contributed by atoms with E-state index in [1.165, 1.54) is 30.4 Å². The summed E-state index contributed by atoms with van der Waals surface area (Å²) in [5.41, 5.74) is 2.81. The van der Waals surface area contributed by atoms with Gasteiger partial charge in [-0.15, -0.1) is 0 Å². The van der Waals surface area contributed by atoms with Crippen molar-refractivity contribution in [2.24, 2.45) is 33.7 Å². The molecule has 2 aromatic heterocycles. The monoisotopic (exact) mass is 510 g/mol. The number of ketones is 1. The molecule has 3 fully saturated rings. The summed E-state index contributed by atoms with van der Waals surface area (Å²) in [4.78, 5) is 47.6. The molecule has 0 aliphatic heterocycles. The van der Waals surface area contributed by atoms with Gasteiger partial charge >= 0.3 is 0 Å². The summed E-state index contributed by atoms with van der Waals surface area (Å²) in [6.07, 6.45) is 15.9. The van der Waals surface area contributed by atoms with Gasteiger partial charge in [0.25, 0.3) is 11.8 Å². The number of rotatable bonds is 3. The van der Waals surface area contributed by atoms with Gasteiger partial charge in [-0.05, 0) is 98.5 Å². The van der Waals surface area contributed by atoms with E-state index in [1.54, 1.807) is 24.3 Å². The number of hydrazone groups is 1. The lowest BCUT2D eigenvalue weighted by Crippen LogP contribution is -2.50. The summed E-state index contributed by atoms with van der Waals surface area (Å²) in [7, 11) is 0. The van der Waals surface area contributed by atoms with Crippen LogP contribution in [0, 0.1) is 28.6 Å². The minimum absolute atomic E-state index is 0.0734. The van der Waals surface area contributed by atoms with Crippen LogP contribution in [0.2, 0.25) is 0 Å².